The Balaban J connectivity index is 2.02. The second-order valence-corrected chi connectivity index (χ2v) is 5.11. The van der Waals surface area contributed by atoms with Crippen molar-refractivity contribution in [2.75, 3.05) is 5.32 Å². The summed E-state index contributed by atoms with van der Waals surface area (Å²) in [7, 11) is 0. The highest BCUT2D eigenvalue weighted by Gasteiger charge is 2.01. The molecule has 5 heteroatoms. The van der Waals surface area contributed by atoms with Gasteiger partial charge in [0.25, 0.3) is 0 Å². The van der Waals surface area contributed by atoms with Crippen LogP contribution in [0.4, 0.5) is 5.13 Å². The van der Waals surface area contributed by atoms with Gasteiger partial charge in [-0.15, -0.1) is 10.2 Å². The van der Waals surface area contributed by atoms with E-state index in [9.17, 15) is 0 Å². The minimum atomic E-state index is 0.760. The lowest BCUT2D eigenvalue weighted by atomic mass is 10.2. The van der Waals surface area contributed by atoms with Crippen molar-refractivity contribution < 1.29 is 0 Å². The van der Waals surface area contributed by atoms with E-state index in [1.54, 1.807) is 11.3 Å². The SMILES string of the molecule is Cc1nnc(NCc2ccccc2Br)s1. The van der Waals surface area contributed by atoms with E-state index in [0.29, 0.717) is 0 Å². The van der Waals surface area contributed by atoms with E-state index in [4.69, 9.17) is 0 Å². The van der Waals surface area contributed by atoms with Crippen LogP contribution in [0.2, 0.25) is 0 Å². The number of halogens is 1. The fourth-order valence-electron chi connectivity index (χ4n) is 1.18. The molecule has 0 bridgehead atoms. The molecule has 0 saturated carbocycles. The molecule has 3 nitrogen and oxygen atoms in total. The van der Waals surface area contributed by atoms with Gasteiger partial charge in [0, 0.05) is 11.0 Å². The Morgan fingerprint density at radius 1 is 1.33 bits per heavy atom. The third kappa shape index (κ3) is 2.76. The van der Waals surface area contributed by atoms with Crippen LogP contribution in [0.3, 0.4) is 0 Å². The van der Waals surface area contributed by atoms with E-state index >= 15 is 0 Å². The van der Waals surface area contributed by atoms with Gasteiger partial charge in [-0.2, -0.15) is 0 Å². The first-order valence-corrected chi connectivity index (χ1v) is 6.14. The molecule has 0 radical (unpaired) electrons. The molecule has 0 aliphatic carbocycles. The van der Waals surface area contributed by atoms with Crippen LogP contribution in [-0.4, -0.2) is 10.2 Å². The smallest absolute Gasteiger partial charge is 0.205 e. The number of hydrogen-bond acceptors (Lipinski definition) is 4. The molecule has 2 rings (SSSR count). The molecule has 1 N–H and O–H groups in total. The van der Waals surface area contributed by atoms with Crippen molar-refractivity contribution in [1.29, 1.82) is 0 Å². The summed E-state index contributed by atoms with van der Waals surface area (Å²) in [5.41, 5.74) is 1.21. The number of nitrogens with one attached hydrogen (secondary N) is 1. The van der Waals surface area contributed by atoms with Crippen molar-refractivity contribution in [1.82, 2.24) is 10.2 Å². The molecule has 0 aliphatic heterocycles. The topological polar surface area (TPSA) is 37.8 Å². The average molecular weight is 284 g/mol. The van der Waals surface area contributed by atoms with Gasteiger partial charge in [-0.3, -0.25) is 0 Å². The highest BCUT2D eigenvalue weighted by atomic mass is 79.9. The maximum Gasteiger partial charge on any atom is 0.205 e. The molecule has 2 aromatic rings. The van der Waals surface area contributed by atoms with E-state index in [2.05, 4.69) is 37.5 Å². The number of hydrogen-bond donors (Lipinski definition) is 1. The molecule has 0 amide bonds. The maximum atomic E-state index is 4.00. The van der Waals surface area contributed by atoms with Gasteiger partial charge in [-0.1, -0.05) is 45.5 Å². The summed E-state index contributed by atoms with van der Waals surface area (Å²) in [6.07, 6.45) is 0. The Kier molecular flexibility index (Phi) is 3.33. The molecule has 15 heavy (non-hydrogen) atoms. The molecule has 1 heterocycles. The Morgan fingerprint density at radius 2 is 2.13 bits per heavy atom. The zero-order valence-electron chi connectivity index (χ0n) is 8.20. The predicted molar refractivity (Wildman–Crippen MR) is 66.1 cm³/mol. The van der Waals surface area contributed by atoms with Crippen molar-refractivity contribution in [3.8, 4) is 0 Å². The number of anilines is 1. The van der Waals surface area contributed by atoms with Crippen LogP contribution in [-0.2, 0) is 6.54 Å². The van der Waals surface area contributed by atoms with Crippen molar-refractivity contribution in [3.05, 3.63) is 39.3 Å². The van der Waals surface area contributed by atoms with E-state index < -0.39 is 0 Å². The summed E-state index contributed by atoms with van der Waals surface area (Å²) in [5.74, 6) is 0. The zero-order valence-corrected chi connectivity index (χ0v) is 10.6. The molecule has 0 atom stereocenters. The molecule has 0 unspecified atom stereocenters. The summed E-state index contributed by atoms with van der Waals surface area (Å²) in [5, 5.41) is 13.0. The maximum absolute atomic E-state index is 4.00. The molecule has 1 aromatic heterocycles. The van der Waals surface area contributed by atoms with Crippen molar-refractivity contribution in [2.24, 2.45) is 0 Å². The molecule has 1 aromatic carbocycles. The first-order valence-electron chi connectivity index (χ1n) is 4.53. The Morgan fingerprint density at radius 3 is 2.80 bits per heavy atom. The standard InChI is InChI=1S/C10H10BrN3S/c1-7-13-14-10(15-7)12-6-8-4-2-3-5-9(8)11/h2-5H,6H2,1H3,(H,12,14). The Bertz CT molecular complexity index is 455. The van der Waals surface area contributed by atoms with Gasteiger partial charge in [0.15, 0.2) is 0 Å². The lowest BCUT2D eigenvalue weighted by Gasteiger charge is -2.04. The van der Waals surface area contributed by atoms with E-state index in [1.165, 1.54) is 5.56 Å². The van der Waals surface area contributed by atoms with Crippen LogP contribution in [0.5, 0.6) is 0 Å². The lowest BCUT2D eigenvalue weighted by Crippen LogP contribution is -1.99. The third-order valence-electron chi connectivity index (χ3n) is 1.91. The minimum absolute atomic E-state index is 0.760. The van der Waals surface area contributed by atoms with Gasteiger partial charge < -0.3 is 5.32 Å². The summed E-state index contributed by atoms with van der Waals surface area (Å²) in [6.45, 7) is 2.71. The van der Waals surface area contributed by atoms with Gasteiger partial charge in [0.1, 0.15) is 5.01 Å². The normalized spacial score (nSPS) is 10.3. The second-order valence-electron chi connectivity index (χ2n) is 3.07. The quantitative estimate of drug-likeness (QED) is 0.940. The summed E-state index contributed by atoms with van der Waals surface area (Å²) >= 11 is 5.07. The van der Waals surface area contributed by atoms with Crippen molar-refractivity contribution in [2.45, 2.75) is 13.5 Å². The molecular weight excluding hydrogens is 274 g/mol. The molecule has 0 saturated heterocycles. The van der Waals surface area contributed by atoms with Crippen molar-refractivity contribution in [3.63, 3.8) is 0 Å². The van der Waals surface area contributed by atoms with Crippen LogP contribution in [0.25, 0.3) is 0 Å². The van der Waals surface area contributed by atoms with E-state index in [1.807, 2.05) is 25.1 Å². The van der Waals surface area contributed by atoms with Crippen molar-refractivity contribution >= 4 is 32.4 Å². The first-order chi connectivity index (χ1) is 7.25. The number of benzene rings is 1. The highest BCUT2D eigenvalue weighted by molar-refractivity contribution is 9.10. The Hall–Kier alpha value is -0.940. The Labute approximate surface area is 101 Å². The molecule has 0 aliphatic rings. The van der Waals surface area contributed by atoms with Gasteiger partial charge in [-0.05, 0) is 18.6 Å². The van der Waals surface area contributed by atoms with Crippen LogP contribution < -0.4 is 5.32 Å². The highest BCUT2D eigenvalue weighted by Crippen LogP contribution is 2.19. The zero-order chi connectivity index (χ0) is 10.7. The summed E-state index contributed by atoms with van der Waals surface area (Å²) in [6, 6.07) is 8.13. The molecule has 0 fully saturated rings. The number of aryl methyl sites for hydroxylation is 1. The average Bonchev–Trinajstić information content (AvgIpc) is 2.63. The summed E-state index contributed by atoms with van der Waals surface area (Å²) < 4.78 is 1.11. The molecule has 78 valence electrons. The fourth-order valence-corrected chi connectivity index (χ4v) is 2.19. The van der Waals surface area contributed by atoms with Gasteiger partial charge in [0.05, 0.1) is 0 Å². The van der Waals surface area contributed by atoms with Crippen LogP contribution in [0, 0.1) is 6.92 Å². The van der Waals surface area contributed by atoms with Crippen LogP contribution >= 0.6 is 27.3 Å². The molecular formula is C10H10BrN3S. The van der Waals surface area contributed by atoms with E-state index in [0.717, 1.165) is 21.2 Å². The summed E-state index contributed by atoms with van der Waals surface area (Å²) in [4.78, 5) is 0. The number of nitrogens with zero attached hydrogens (tertiary/aromatic N) is 2. The minimum Gasteiger partial charge on any atom is -0.356 e. The van der Waals surface area contributed by atoms with Crippen LogP contribution in [0.15, 0.2) is 28.7 Å². The first kappa shape index (κ1) is 10.6. The predicted octanol–water partition coefficient (Wildman–Crippen LogP) is 3.22. The van der Waals surface area contributed by atoms with E-state index in [-0.39, 0.29) is 0 Å². The lowest BCUT2D eigenvalue weighted by molar-refractivity contribution is 1.02. The van der Waals surface area contributed by atoms with Gasteiger partial charge >= 0.3 is 0 Å². The molecule has 0 spiro atoms. The third-order valence-corrected chi connectivity index (χ3v) is 3.48. The van der Waals surface area contributed by atoms with Crippen LogP contribution in [0.1, 0.15) is 10.6 Å². The fraction of sp³-hybridized carbons (Fsp3) is 0.200. The largest absolute Gasteiger partial charge is 0.356 e. The van der Waals surface area contributed by atoms with Gasteiger partial charge in [-0.25, -0.2) is 0 Å². The number of rotatable bonds is 3. The monoisotopic (exact) mass is 283 g/mol. The number of aromatic nitrogens is 2. The second kappa shape index (κ2) is 4.72. The van der Waals surface area contributed by atoms with Gasteiger partial charge in [0.2, 0.25) is 5.13 Å².